The average molecular weight is 244 g/mol. The number of hydrogen-bond acceptors (Lipinski definition) is 4. The van der Waals surface area contributed by atoms with Crippen LogP contribution in [0.15, 0.2) is 0 Å². The Morgan fingerprint density at radius 2 is 2.18 bits per heavy atom. The van der Waals surface area contributed by atoms with Crippen molar-refractivity contribution in [2.75, 3.05) is 26.3 Å². The van der Waals surface area contributed by atoms with Gasteiger partial charge in [-0.05, 0) is 20.4 Å². The van der Waals surface area contributed by atoms with Gasteiger partial charge in [0.25, 0.3) is 0 Å². The minimum absolute atomic E-state index is 0.0588. The molecule has 1 saturated heterocycles. The maximum Gasteiger partial charge on any atom is 0.328 e. The molecule has 1 rings (SSSR count). The first-order valence-electron chi connectivity index (χ1n) is 5.76. The number of hydrogen-bond donors (Lipinski definition) is 2. The highest BCUT2D eigenvalue weighted by Crippen LogP contribution is 2.14. The fraction of sp³-hybridized carbons (Fsp3) is 0.818. The van der Waals surface area contributed by atoms with Gasteiger partial charge in [-0.15, -0.1) is 0 Å². The monoisotopic (exact) mass is 244 g/mol. The largest absolute Gasteiger partial charge is 0.480 e. The SMILES string of the molecule is CCNC(C)(C)C(=O)N1CCOCC1C(=O)O. The molecule has 17 heavy (non-hydrogen) atoms. The predicted molar refractivity (Wildman–Crippen MR) is 61.7 cm³/mol. The number of nitrogens with zero attached hydrogens (tertiary/aromatic N) is 1. The predicted octanol–water partition coefficient (Wildman–Crippen LogP) is -0.313. The second kappa shape index (κ2) is 5.46. The van der Waals surface area contributed by atoms with Crippen LogP contribution in [0.2, 0.25) is 0 Å². The van der Waals surface area contributed by atoms with E-state index in [0.29, 0.717) is 19.7 Å². The molecule has 1 aliphatic heterocycles. The lowest BCUT2D eigenvalue weighted by Crippen LogP contribution is -2.61. The molecule has 1 fully saturated rings. The van der Waals surface area contributed by atoms with E-state index in [0.717, 1.165) is 0 Å². The van der Waals surface area contributed by atoms with Crippen molar-refractivity contribution in [2.24, 2.45) is 0 Å². The number of aliphatic carboxylic acids is 1. The Bertz CT molecular complexity index is 304. The molecule has 1 amide bonds. The van der Waals surface area contributed by atoms with Crippen LogP contribution < -0.4 is 5.32 Å². The fourth-order valence-electron chi connectivity index (χ4n) is 1.93. The van der Waals surface area contributed by atoms with Crippen LogP contribution in [0, 0.1) is 0 Å². The number of amides is 1. The lowest BCUT2D eigenvalue weighted by molar-refractivity contribution is -0.161. The number of ether oxygens (including phenoxy) is 1. The van der Waals surface area contributed by atoms with Gasteiger partial charge in [0.15, 0.2) is 6.04 Å². The molecular formula is C11H20N2O4. The van der Waals surface area contributed by atoms with E-state index in [1.165, 1.54) is 4.90 Å². The molecule has 1 unspecified atom stereocenters. The molecule has 1 aliphatic rings. The Labute approximate surface area is 101 Å². The highest BCUT2D eigenvalue weighted by Gasteiger charge is 2.39. The topological polar surface area (TPSA) is 78.9 Å². The Kier molecular flexibility index (Phi) is 4.47. The quantitative estimate of drug-likeness (QED) is 0.709. The van der Waals surface area contributed by atoms with Crippen molar-refractivity contribution in [3.63, 3.8) is 0 Å². The minimum Gasteiger partial charge on any atom is -0.480 e. The van der Waals surface area contributed by atoms with Crippen molar-refractivity contribution >= 4 is 11.9 Å². The summed E-state index contributed by atoms with van der Waals surface area (Å²) in [7, 11) is 0. The molecule has 98 valence electrons. The van der Waals surface area contributed by atoms with E-state index < -0.39 is 17.6 Å². The van der Waals surface area contributed by atoms with E-state index in [9.17, 15) is 9.59 Å². The highest BCUT2D eigenvalue weighted by atomic mass is 16.5. The van der Waals surface area contributed by atoms with E-state index in [2.05, 4.69) is 5.32 Å². The lowest BCUT2D eigenvalue weighted by Gasteiger charge is -2.38. The summed E-state index contributed by atoms with van der Waals surface area (Å²) in [5, 5.41) is 12.1. The van der Waals surface area contributed by atoms with Crippen molar-refractivity contribution in [3.05, 3.63) is 0 Å². The molecular weight excluding hydrogens is 224 g/mol. The molecule has 0 spiro atoms. The third-order valence-electron chi connectivity index (χ3n) is 2.83. The van der Waals surface area contributed by atoms with Crippen molar-refractivity contribution in [2.45, 2.75) is 32.4 Å². The second-order valence-corrected chi connectivity index (χ2v) is 4.58. The van der Waals surface area contributed by atoms with Gasteiger partial charge in [0.05, 0.1) is 18.8 Å². The summed E-state index contributed by atoms with van der Waals surface area (Å²) in [6, 6.07) is -0.880. The summed E-state index contributed by atoms with van der Waals surface area (Å²) in [6.07, 6.45) is 0. The summed E-state index contributed by atoms with van der Waals surface area (Å²) in [4.78, 5) is 24.7. The molecule has 6 nitrogen and oxygen atoms in total. The van der Waals surface area contributed by atoms with Gasteiger partial charge < -0.3 is 20.1 Å². The van der Waals surface area contributed by atoms with Crippen LogP contribution in [0.25, 0.3) is 0 Å². The maximum absolute atomic E-state index is 12.3. The Hall–Kier alpha value is -1.14. The van der Waals surface area contributed by atoms with Crippen molar-refractivity contribution in [1.82, 2.24) is 10.2 Å². The number of carboxylic acid groups (broad SMARTS) is 1. The lowest BCUT2D eigenvalue weighted by atomic mass is 10.0. The highest BCUT2D eigenvalue weighted by molar-refractivity contribution is 5.89. The first-order chi connectivity index (χ1) is 7.90. The molecule has 0 aromatic rings. The molecule has 0 saturated carbocycles. The number of nitrogens with one attached hydrogen (secondary N) is 1. The molecule has 1 atom stereocenters. The van der Waals surface area contributed by atoms with E-state index in [1.807, 2.05) is 6.92 Å². The van der Waals surface area contributed by atoms with Crippen LogP contribution in [-0.4, -0.2) is 59.8 Å². The van der Waals surface area contributed by atoms with Gasteiger partial charge in [0, 0.05) is 6.54 Å². The summed E-state index contributed by atoms with van der Waals surface area (Å²) in [5.74, 6) is -1.22. The normalized spacial score (nSPS) is 21.4. The number of morpholine rings is 1. The summed E-state index contributed by atoms with van der Waals surface area (Å²) in [6.45, 7) is 6.84. The summed E-state index contributed by atoms with van der Waals surface area (Å²) in [5.41, 5.74) is -0.750. The Morgan fingerprint density at radius 3 is 2.71 bits per heavy atom. The maximum atomic E-state index is 12.3. The van der Waals surface area contributed by atoms with Crippen molar-refractivity contribution in [3.8, 4) is 0 Å². The van der Waals surface area contributed by atoms with Gasteiger partial charge in [-0.2, -0.15) is 0 Å². The second-order valence-electron chi connectivity index (χ2n) is 4.58. The first-order valence-corrected chi connectivity index (χ1v) is 5.76. The van der Waals surface area contributed by atoms with Gasteiger partial charge in [0.1, 0.15) is 0 Å². The van der Waals surface area contributed by atoms with E-state index in [4.69, 9.17) is 9.84 Å². The molecule has 0 aliphatic carbocycles. The van der Waals surface area contributed by atoms with Crippen LogP contribution in [-0.2, 0) is 14.3 Å². The molecule has 0 bridgehead atoms. The van der Waals surface area contributed by atoms with Gasteiger partial charge >= 0.3 is 5.97 Å². The van der Waals surface area contributed by atoms with E-state index >= 15 is 0 Å². The smallest absolute Gasteiger partial charge is 0.328 e. The van der Waals surface area contributed by atoms with E-state index in [-0.39, 0.29) is 12.5 Å². The fourth-order valence-corrected chi connectivity index (χ4v) is 1.93. The van der Waals surface area contributed by atoms with Gasteiger partial charge in [-0.1, -0.05) is 6.92 Å². The number of carbonyl (C=O) groups is 2. The zero-order valence-corrected chi connectivity index (χ0v) is 10.5. The molecule has 2 N–H and O–H groups in total. The van der Waals surface area contributed by atoms with Crippen LogP contribution in [0.1, 0.15) is 20.8 Å². The molecule has 0 aromatic carbocycles. The summed E-state index contributed by atoms with van der Waals surface area (Å²) < 4.78 is 5.10. The van der Waals surface area contributed by atoms with E-state index in [1.54, 1.807) is 13.8 Å². The zero-order chi connectivity index (χ0) is 13.1. The number of carboxylic acids is 1. The zero-order valence-electron chi connectivity index (χ0n) is 10.5. The van der Waals surface area contributed by atoms with Gasteiger partial charge in [-0.25, -0.2) is 4.79 Å². The minimum atomic E-state index is -1.02. The van der Waals surface area contributed by atoms with Gasteiger partial charge in [-0.3, -0.25) is 4.79 Å². The number of carbonyl (C=O) groups excluding carboxylic acids is 1. The molecule has 0 aromatic heterocycles. The molecule has 1 heterocycles. The van der Waals surface area contributed by atoms with Crippen LogP contribution in [0.5, 0.6) is 0 Å². The van der Waals surface area contributed by atoms with Crippen LogP contribution >= 0.6 is 0 Å². The Balaban J connectivity index is 2.81. The third kappa shape index (κ3) is 3.17. The molecule has 0 radical (unpaired) electrons. The standard InChI is InChI=1S/C11H20N2O4/c1-4-12-11(2,3)10(16)13-5-6-17-7-8(13)9(14)15/h8,12H,4-7H2,1-3H3,(H,14,15). The van der Waals surface area contributed by atoms with Gasteiger partial charge in [0.2, 0.25) is 5.91 Å². The Morgan fingerprint density at radius 1 is 1.53 bits per heavy atom. The van der Waals surface area contributed by atoms with Crippen molar-refractivity contribution in [1.29, 1.82) is 0 Å². The first kappa shape index (κ1) is 13.9. The summed E-state index contributed by atoms with van der Waals surface area (Å²) >= 11 is 0. The molecule has 6 heteroatoms. The van der Waals surface area contributed by atoms with Crippen LogP contribution in [0.3, 0.4) is 0 Å². The number of likely N-dealkylation sites (N-methyl/N-ethyl adjacent to an activating group) is 1. The number of rotatable bonds is 4. The van der Waals surface area contributed by atoms with Crippen molar-refractivity contribution < 1.29 is 19.4 Å². The van der Waals surface area contributed by atoms with Crippen LogP contribution in [0.4, 0.5) is 0 Å². The third-order valence-corrected chi connectivity index (χ3v) is 2.83. The average Bonchev–Trinajstić information content (AvgIpc) is 2.28.